The Morgan fingerprint density at radius 2 is 2.08 bits per heavy atom. The largest absolute Gasteiger partial charge is 0.467 e. The van der Waals surface area contributed by atoms with E-state index < -0.39 is 16.9 Å². The number of benzene rings is 1. The van der Waals surface area contributed by atoms with Crippen LogP contribution in [0, 0.1) is 10.1 Å². The van der Waals surface area contributed by atoms with Crippen LogP contribution in [-0.4, -0.2) is 37.1 Å². The van der Waals surface area contributed by atoms with Gasteiger partial charge in [-0.3, -0.25) is 14.9 Å². The number of ether oxygens (including phenoxy) is 1. The fraction of sp³-hybridized carbons (Fsp3) is 0.353. The molecule has 1 saturated heterocycles. The summed E-state index contributed by atoms with van der Waals surface area (Å²) in [6.07, 6.45) is 1.51. The molecule has 1 aromatic carbocycles. The third-order valence-corrected chi connectivity index (χ3v) is 4.12. The Kier molecular flexibility index (Phi) is 4.99. The van der Waals surface area contributed by atoms with Crippen molar-refractivity contribution < 1.29 is 18.9 Å². The van der Waals surface area contributed by atoms with Gasteiger partial charge in [-0.2, -0.15) is 0 Å². The quantitative estimate of drug-likeness (QED) is 0.660. The van der Waals surface area contributed by atoms with Crippen LogP contribution < -0.4 is 10.2 Å². The minimum absolute atomic E-state index is 0.0346. The van der Waals surface area contributed by atoms with E-state index in [9.17, 15) is 14.9 Å². The van der Waals surface area contributed by atoms with Gasteiger partial charge >= 0.3 is 0 Å². The highest BCUT2D eigenvalue weighted by Gasteiger charge is 2.24. The van der Waals surface area contributed by atoms with Crippen molar-refractivity contribution in [1.82, 2.24) is 5.32 Å². The number of nitro benzene ring substituents is 1. The molecule has 2 heterocycles. The normalized spacial score (nSPS) is 15.6. The summed E-state index contributed by atoms with van der Waals surface area (Å²) < 4.78 is 10.6. The highest BCUT2D eigenvalue weighted by Crippen LogP contribution is 2.26. The van der Waals surface area contributed by atoms with Crippen LogP contribution in [0.3, 0.4) is 0 Å². The maximum atomic E-state index is 12.6. The molecular weight excluding hydrogens is 326 g/mol. The molecule has 132 valence electrons. The van der Waals surface area contributed by atoms with Crippen molar-refractivity contribution >= 4 is 17.3 Å². The van der Waals surface area contributed by atoms with Crippen molar-refractivity contribution in [1.29, 1.82) is 0 Å². The number of hydrogen-bond donors (Lipinski definition) is 1. The molecule has 1 amide bonds. The molecule has 3 rings (SSSR count). The van der Waals surface area contributed by atoms with E-state index in [1.165, 1.54) is 12.3 Å². The van der Waals surface area contributed by atoms with E-state index in [4.69, 9.17) is 9.15 Å². The Labute approximate surface area is 144 Å². The first-order chi connectivity index (χ1) is 12.1. The molecule has 0 saturated carbocycles. The van der Waals surface area contributed by atoms with Crippen molar-refractivity contribution in [2.24, 2.45) is 0 Å². The molecule has 1 atom stereocenters. The first kappa shape index (κ1) is 17.0. The Morgan fingerprint density at radius 3 is 2.72 bits per heavy atom. The number of anilines is 1. The minimum Gasteiger partial charge on any atom is -0.467 e. The smallest absolute Gasteiger partial charge is 0.282 e. The van der Waals surface area contributed by atoms with Gasteiger partial charge in [0.25, 0.3) is 11.6 Å². The number of nitro groups is 1. The van der Waals surface area contributed by atoms with Gasteiger partial charge in [0, 0.05) is 24.8 Å². The Morgan fingerprint density at radius 1 is 1.32 bits per heavy atom. The van der Waals surface area contributed by atoms with Crippen LogP contribution in [0.2, 0.25) is 0 Å². The Hall–Kier alpha value is -2.87. The third-order valence-electron chi connectivity index (χ3n) is 4.12. The molecule has 1 N–H and O–H groups in total. The average molecular weight is 345 g/mol. The molecule has 0 radical (unpaired) electrons. The average Bonchev–Trinajstić information content (AvgIpc) is 3.16. The lowest BCUT2D eigenvalue weighted by Crippen LogP contribution is -2.36. The molecular formula is C17H19N3O5. The Balaban J connectivity index is 1.86. The number of nitrogens with zero attached hydrogens (tertiary/aromatic N) is 2. The summed E-state index contributed by atoms with van der Waals surface area (Å²) in [6, 6.07) is 7.67. The van der Waals surface area contributed by atoms with Gasteiger partial charge in [0.2, 0.25) is 0 Å². The van der Waals surface area contributed by atoms with Crippen molar-refractivity contribution in [3.05, 3.63) is 58.0 Å². The molecule has 0 spiro atoms. The number of amides is 1. The lowest BCUT2D eigenvalue weighted by Gasteiger charge is -2.29. The summed E-state index contributed by atoms with van der Waals surface area (Å²) in [5.74, 6) is 0.0750. The predicted octanol–water partition coefficient (Wildman–Crippen LogP) is 2.52. The van der Waals surface area contributed by atoms with E-state index in [0.717, 1.165) is 5.69 Å². The van der Waals surface area contributed by atoms with Gasteiger partial charge in [-0.15, -0.1) is 0 Å². The van der Waals surface area contributed by atoms with Crippen LogP contribution in [0.1, 0.15) is 29.1 Å². The van der Waals surface area contributed by atoms with Gasteiger partial charge in [-0.25, -0.2) is 0 Å². The lowest BCUT2D eigenvalue weighted by molar-refractivity contribution is -0.385. The van der Waals surface area contributed by atoms with E-state index >= 15 is 0 Å². The monoisotopic (exact) mass is 345 g/mol. The molecule has 1 aliphatic rings. The van der Waals surface area contributed by atoms with Crippen molar-refractivity contribution in [3.63, 3.8) is 0 Å². The van der Waals surface area contributed by atoms with Gasteiger partial charge in [-0.05, 0) is 31.2 Å². The van der Waals surface area contributed by atoms with E-state index in [0.29, 0.717) is 32.1 Å². The van der Waals surface area contributed by atoms with Gasteiger partial charge in [0.1, 0.15) is 11.3 Å². The molecule has 1 unspecified atom stereocenters. The zero-order valence-corrected chi connectivity index (χ0v) is 13.8. The van der Waals surface area contributed by atoms with Gasteiger partial charge in [0.15, 0.2) is 0 Å². The second kappa shape index (κ2) is 7.35. The maximum Gasteiger partial charge on any atom is 0.282 e. The minimum atomic E-state index is -0.546. The standard InChI is InChI=1S/C17H19N3O5/c1-12(16-3-2-8-25-16)18-17(21)14-11-13(4-5-15(14)20(22)23)19-6-9-24-10-7-19/h2-5,8,11-12H,6-7,9-10H2,1H3,(H,18,21). The van der Waals surface area contributed by atoms with Gasteiger partial charge < -0.3 is 19.4 Å². The zero-order valence-electron chi connectivity index (χ0n) is 13.8. The molecule has 0 aliphatic carbocycles. The molecule has 1 aromatic heterocycles. The topological polar surface area (TPSA) is 97.9 Å². The number of hydrogen-bond acceptors (Lipinski definition) is 6. The summed E-state index contributed by atoms with van der Waals surface area (Å²) in [6.45, 7) is 4.31. The van der Waals surface area contributed by atoms with Crippen LogP contribution in [-0.2, 0) is 4.74 Å². The van der Waals surface area contributed by atoms with E-state index in [-0.39, 0.29) is 11.3 Å². The second-order valence-corrected chi connectivity index (χ2v) is 5.77. The van der Waals surface area contributed by atoms with Crippen molar-refractivity contribution in [2.75, 3.05) is 31.2 Å². The van der Waals surface area contributed by atoms with E-state index in [1.54, 1.807) is 31.2 Å². The van der Waals surface area contributed by atoms with Gasteiger partial charge in [0.05, 0.1) is 30.4 Å². The number of nitrogens with one attached hydrogen (secondary N) is 1. The van der Waals surface area contributed by atoms with E-state index in [1.807, 2.05) is 4.90 Å². The number of morpholine rings is 1. The summed E-state index contributed by atoms with van der Waals surface area (Å²) in [7, 11) is 0. The highest BCUT2D eigenvalue weighted by molar-refractivity contribution is 5.99. The Bertz CT molecular complexity index is 754. The molecule has 8 nitrogen and oxygen atoms in total. The second-order valence-electron chi connectivity index (χ2n) is 5.77. The highest BCUT2D eigenvalue weighted by atomic mass is 16.6. The summed E-state index contributed by atoms with van der Waals surface area (Å²) >= 11 is 0. The summed E-state index contributed by atoms with van der Waals surface area (Å²) in [5.41, 5.74) is 0.582. The van der Waals surface area contributed by atoms with Crippen LogP contribution in [0.15, 0.2) is 41.0 Å². The van der Waals surface area contributed by atoms with Crippen molar-refractivity contribution in [3.8, 4) is 0 Å². The lowest BCUT2D eigenvalue weighted by atomic mass is 10.1. The molecule has 25 heavy (non-hydrogen) atoms. The van der Waals surface area contributed by atoms with E-state index in [2.05, 4.69) is 5.32 Å². The first-order valence-corrected chi connectivity index (χ1v) is 8.01. The zero-order chi connectivity index (χ0) is 17.8. The van der Waals surface area contributed by atoms with Gasteiger partial charge in [-0.1, -0.05) is 0 Å². The molecule has 2 aromatic rings. The molecule has 1 fully saturated rings. The molecule has 1 aliphatic heterocycles. The first-order valence-electron chi connectivity index (χ1n) is 8.01. The number of furan rings is 1. The molecule has 0 bridgehead atoms. The van der Waals surface area contributed by atoms with Crippen LogP contribution in [0.5, 0.6) is 0 Å². The van der Waals surface area contributed by atoms with Crippen molar-refractivity contribution in [2.45, 2.75) is 13.0 Å². The van der Waals surface area contributed by atoms with Crippen LogP contribution in [0.4, 0.5) is 11.4 Å². The fourth-order valence-electron chi connectivity index (χ4n) is 2.77. The summed E-state index contributed by atoms with van der Waals surface area (Å²) in [4.78, 5) is 25.4. The fourth-order valence-corrected chi connectivity index (χ4v) is 2.77. The predicted molar refractivity (Wildman–Crippen MR) is 90.7 cm³/mol. The van der Waals surface area contributed by atoms with Crippen LogP contribution in [0.25, 0.3) is 0 Å². The maximum absolute atomic E-state index is 12.6. The summed E-state index contributed by atoms with van der Waals surface area (Å²) in [5, 5.41) is 14.0. The van der Waals surface area contributed by atoms with Crippen LogP contribution >= 0.6 is 0 Å². The number of carbonyl (C=O) groups excluding carboxylic acids is 1. The third kappa shape index (κ3) is 3.80. The number of rotatable bonds is 5. The SMILES string of the molecule is CC(NC(=O)c1cc(N2CCOCC2)ccc1[N+](=O)[O-])c1ccco1. The molecule has 8 heteroatoms. The number of carbonyl (C=O) groups is 1.